The van der Waals surface area contributed by atoms with Crippen LogP contribution in [0.5, 0.6) is 5.75 Å². The van der Waals surface area contributed by atoms with Gasteiger partial charge in [-0.1, -0.05) is 6.07 Å². The minimum absolute atomic E-state index is 0.157. The van der Waals surface area contributed by atoms with Gasteiger partial charge in [-0.2, -0.15) is 0 Å². The average molecular weight is 459 g/mol. The average Bonchev–Trinajstić information content (AvgIpc) is 3.13. The number of hydrogen-bond acceptors (Lipinski definition) is 5. The van der Waals surface area contributed by atoms with Crippen molar-refractivity contribution in [2.45, 2.75) is 33.4 Å². The first-order valence-corrected chi connectivity index (χ1v) is 11.0. The first-order valence-electron chi connectivity index (χ1n) is 11.0. The quantitative estimate of drug-likeness (QED) is 0.589. The monoisotopic (exact) mass is 458 g/mol. The highest BCUT2D eigenvalue weighted by Crippen LogP contribution is 2.26. The Labute approximate surface area is 191 Å². The zero-order valence-electron chi connectivity index (χ0n) is 19.0. The number of carbonyl (C=O) groups excluding carboxylic acids is 1. The lowest BCUT2D eigenvalue weighted by Gasteiger charge is -2.32. The molecule has 1 fully saturated rings. The normalized spacial score (nSPS) is 15.5. The lowest BCUT2D eigenvalue weighted by atomic mass is 10.2. The topological polar surface area (TPSA) is 68.1 Å². The molecule has 1 aromatic carbocycles. The molecule has 3 heterocycles. The fourth-order valence-corrected chi connectivity index (χ4v) is 4.03. The van der Waals surface area contributed by atoms with Gasteiger partial charge in [0, 0.05) is 31.9 Å². The maximum atomic E-state index is 14.0. The fourth-order valence-electron chi connectivity index (χ4n) is 4.03. The Bertz CT molecular complexity index is 1140. The van der Waals surface area contributed by atoms with Crippen LogP contribution in [-0.4, -0.2) is 59.1 Å². The van der Waals surface area contributed by atoms with Crippen LogP contribution in [-0.2, 0) is 11.3 Å². The zero-order chi connectivity index (χ0) is 23.5. The van der Waals surface area contributed by atoms with Gasteiger partial charge in [-0.15, -0.1) is 0 Å². The van der Waals surface area contributed by atoms with Crippen molar-refractivity contribution in [2.24, 2.45) is 0 Å². The first kappa shape index (κ1) is 23.1. The summed E-state index contributed by atoms with van der Waals surface area (Å²) in [5.74, 6) is -1.24. The number of hydrogen-bond donors (Lipinski definition) is 1. The van der Waals surface area contributed by atoms with Gasteiger partial charge in [-0.25, -0.2) is 13.8 Å². The number of rotatable bonds is 7. The predicted octanol–water partition coefficient (Wildman–Crippen LogP) is 3.26. The molecule has 7 nitrogen and oxygen atoms in total. The van der Waals surface area contributed by atoms with E-state index < -0.39 is 11.6 Å². The van der Waals surface area contributed by atoms with Crippen molar-refractivity contribution in [1.82, 2.24) is 19.6 Å². The van der Waals surface area contributed by atoms with Crippen molar-refractivity contribution in [3.63, 3.8) is 0 Å². The third-order valence-electron chi connectivity index (χ3n) is 5.87. The molecule has 0 aliphatic carbocycles. The van der Waals surface area contributed by atoms with Crippen LogP contribution in [0.2, 0.25) is 0 Å². The lowest BCUT2D eigenvalue weighted by molar-refractivity contribution is 0.0204. The molecule has 1 aliphatic rings. The minimum Gasteiger partial charge on any atom is -0.485 e. The molecule has 0 bridgehead atoms. The summed E-state index contributed by atoms with van der Waals surface area (Å²) in [5.41, 5.74) is 2.03. The Kier molecular flexibility index (Phi) is 6.90. The second kappa shape index (κ2) is 9.84. The number of nitrogens with zero attached hydrogens (tertiary/aromatic N) is 3. The number of imidazole rings is 1. The van der Waals surface area contributed by atoms with Crippen LogP contribution >= 0.6 is 0 Å². The van der Waals surface area contributed by atoms with Crippen LogP contribution in [0.15, 0.2) is 30.5 Å². The van der Waals surface area contributed by atoms with Crippen LogP contribution in [0.1, 0.15) is 34.2 Å². The molecule has 1 N–H and O–H groups in total. The number of amides is 1. The Balaban J connectivity index is 1.54. The summed E-state index contributed by atoms with van der Waals surface area (Å²) in [6.07, 6.45) is 1.80. The standard InChI is InChI=1S/C24H28F2N4O3/c1-15-11-21(33-14-18-19(25)5-4-6-20(18)26)23-28-17(3)22(30(23)13-15)24(31)27-12-16(2)29-7-9-32-10-8-29/h4-6,11,13,16H,7-10,12,14H2,1-3H3,(H,27,31). The van der Waals surface area contributed by atoms with Crippen LogP contribution in [0, 0.1) is 25.5 Å². The van der Waals surface area contributed by atoms with Gasteiger partial charge in [0.1, 0.15) is 23.9 Å². The molecule has 0 spiro atoms. The number of carbonyl (C=O) groups is 1. The number of morpholine rings is 1. The summed E-state index contributed by atoms with van der Waals surface area (Å²) in [7, 11) is 0. The second-order valence-corrected chi connectivity index (χ2v) is 8.32. The van der Waals surface area contributed by atoms with Gasteiger partial charge in [-0.05, 0) is 44.5 Å². The second-order valence-electron chi connectivity index (χ2n) is 8.32. The van der Waals surface area contributed by atoms with E-state index in [9.17, 15) is 13.6 Å². The number of benzene rings is 1. The van der Waals surface area contributed by atoms with Crippen LogP contribution in [0.25, 0.3) is 5.65 Å². The Morgan fingerprint density at radius 3 is 2.64 bits per heavy atom. The molecule has 33 heavy (non-hydrogen) atoms. The predicted molar refractivity (Wildman–Crippen MR) is 120 cm³/mol. The van der Waals surface area contributed by atoms with Crippen molar-refractivity contribution >= 4 is 11.6 Å². The van der Waals surface area contributed by atoms with Gasteiger partial charge in [-0.3, -0.25) is 14.1 Å². The number of aryl methyl sites for hydroxylation is 2. The van der Waals surface area contributed by atoms with E-state index in [1.54, 1.807) is 23.6 Å². The molecule has 1 saturated heterocycles. The van der Waals surface area contributed by atoms with Crippen LogP contribution in [0.4, 0.5) is 8.78 Å². The summed E-state index contributed by atoms with van der Waals surface area (Å²) in [4.78, 5) is 19.9. The van der Waals surface area contributed by atoms with Gasteiger partial charge in [0.25, 0.3) is 5.91 Å². The number of pyridine rings is 1. The van der Waals surface area contributed by atoms with Gasteiger partial charge >= 0.3 is 0 Å². The maximum absolute atomic E-state index is 14.0. The highest BCUT2D eigenvalue weighted by molar-refractivity contribution is 5.95. The van der Waals surface area contributed by atoms with Crippen molar-refractivity contribution < 1.29 is 23.0 Å². The molecular weight excluding hydrogens is 430 g/mol. The number of aromatic nitrogens is 2. The maximum Gasteiger partial charge on any atom is 0.270 e. The largest absolute Gasteiger partial charge is 0.485 e. The van der Waals surface area contributed by atoms with Gasteiger partial charge in [0.05, 0.1) is 24.5 Å². The minimum atomic E-state index is -0.673. The van der Waals surface area contributed by atoms with Crippen molar-refractivity contribution in [3.05, 3.63) is 64.6 Å². The van der Waals surface area contributed by atoms with E-state index in [1.807, 2.05) is 6.92 Å². The molecule has 0 radical (unpaired) electrons. The fraction of sp³-hybridized carbons (Fsp3) is 0.417. The smallest absolute Gasteiger partial charge is 0.270 e. The molecule has 4 rings (SSSR count). The van der Waals surface area contributed by atoms with Crippen molar-refractivity contribution in [3.8, 4) is 5.75 Å². The zero-order valence-corrected chi connectivity index (χ0v) is 19.0. The SMILES string of the molecule is Cc1cc(OCc2c(F)cccc2F)c2nc(C)c(C(=O)NCC(C)N3CCOCC3)n2c1. The Morgan fingerprint density at radius 2 is 1.94 bits per heavy atom. The van der Waals surface area contributed by atoms with Crippen molar-refractivity contribution in [1.29, 1.82) is 0 Å². The van der Waals surface area contributed by atoms with E-state index in [0.29, 0.717) is 42.5 Å². The van der Waals surface area contributed by atoms with E-state index in [4.69, 9.17) is 9.47 Å². The molecule has 176 valence electrons. The summed E-state index contributed by atoms with van der Waals surface area (Å²) in [6, 6.07) is 5.60. The van der Waals surface area contributed by atoms with Gasteiger partial charge < -0.3 is 14.8 Å². The van der Waals surface area contributed by atoms with Crippen LogP contribution < -0.4 is 10.1 Å². The molecule has 1 amide bonds. The third kappa shape index (κ3) is 4.99. The summed E-state index contributed by atoms with van der Waals surface area (Å²) >= 11 is 0. The van der Waals surface area contributed by atoms with Crippen molar-refractivity contribution in [2.75, 3.05) is 32.8 Å². The highest BCUT2D eigenvalue weighted by atomic mass is 19.1. The van der Waals surface area contributed by atoms with E-state index >= 15 is 0 Å². The molecule has 3 aromatic rings. The third-order valence-corrected chi connectivity index (χ3v) is 5.87. The number of halogens is 2. The Morgan fingerprint density at radius 1 is 1.24 bits per heavy atom. The molecule has 2 aromatic heterocycles. The molecular formula is C24H28F2N4O3. The summed E-state index contributed by atoms with van der Waals surface area (Å²) in [5, 5.41) is 3.00. The summed E-state index contributed by atoms with van der Waals surface area (Å²) in [6.45, 7) is 8.96. The number of fused-ring (bicyclic) bond motifs is 1. The van der Waals surface area contributed by atoms with E-state index in [-0.39, 0.29) is 24.1 Å². The van der Waals surface area contributed by atoms with E-state index in [1.165, 1.54) is 18.2 Å². The molecule has 0 saturated carbocycles. The highest BCUT2D eigenvalue weighted by Gasteiger charge is 2.22. The first-order chi connectivity index (χ1) is 15.8. The number of ether oxygens (including phenoxy) is 2. The van der Waals surface area contributed by atoms with E-state index in [2.05, 4.69) is 22.1 Å². The molecule has 1 aliphatic heterocycles. The summed E-state index contributed by atoms with van der Waals surface area (Å²) < 4.78 is 40.8. The lowest BCUT2D eigenvalue weighted by Crippen LogP contribution is -2.47. The van der Waals surface area contributed by atoms with Gasteiger partial charge in [0.15, 0.2) is 11.4 Å². The molecule has 1 atom stereocenters. The van der Waals surface area contributed by atoms with Crippen LogP contribution in [0.3, 0.4) is 0 Å². The van der Waals surface area contributed by atoms with E-state index in [0.717, 1.165) is 18.7 Å². The Hall–Kier alpha value is -3.04. The van der Waals surface area contributed by atoms with Gasteiger partial charge in [0.2, 0.25) is 0 Å². The molecule has 9 heteroatoms. The molecule has 1 unspecified atom stereocenters. The number of nitrogens with one attached hydrogen (secondary N) is 1.